The molecule has 0 aromatic heterocycles. The monoisotopic (exact) mass is 485 g/mol. The van der Waals surface area contributed by atoms with E-state index in [9.17, 15) is 4.79 Å². The van der Waals surface area contributed by atoms with Gasteiger partial charge in [-0.05, 0) is 124 Å². The minimum absolute atomic E-state index is 0.0403. The van der Waals surface area contributed by atoms with Crippen LogP contribution in [-0.4, -0.2) is 36.6 Å². The van der Waals surface area contributed by atoms with Crippen LogP contribution in [0.5, 0.6) is 0 Å². The standard InChI is InChI=1S/C27H36BrNO2/c1-2-31-24(30)15-21-16-27(25-22(21)4-3-5-23(25)28)6-8-29(9-7-27)26-19-11-17-10-18(13-19)14-20(26)12-17/h3-5,17-21,26H,2,6-16H2,1H3. The summed E-state index contributed by atoms with van der Waals surface area (Å²) in [6, 6.07) is 7.48. The highest BCUT2D eigenvalue weighted by Gasteiger charge is 2.53. The van der Waals surface area contributed by atoms with Gasteiger partial charge in [-0.15, -0.1) is 0 Å². The third kappa shape index (κ3) is 3.42. The topological polar surface area (TPSA) is 29.5 Å². The van der Waals surface area contributed by atoms with Gasteiger partial charge in [0.2, 0.25) is 0 Å². The third-order valence-corrected chi connectivity index (χ3v) is 10.4. The van der Waals surface area contributed by atoms with Crippen molar-refractivity contribution in [3.63, 3.8) is 0 Å². The zero-order valence-corrected chi connectivity index (χ0v) is 20.4. The molecular formula is C27H36BrNO2. The molecule has 31 heavy (non-hydrogen) atoms. The van der Waals surface area contributed by atoms with E-state index in [0.717, 1.165) is 36.1 Å². The Morgan fingerprint density at radius 3 is 2.42 bits per heavy atom. The van der Waals surface area contributed by atoms with Crippen LogP contribution in [0.15, 0.2) is 22.7 Å². The zero-order chi connectivity index (χ0) is 21.2. The highest BCUT2D eigenvalue weighted by molar-refractivity contribution is 9.10. The van der Waals surface area contributed by atoms with Crippen LogP contribution in [0, 0.1) is 23.7 Å². The average Bonchev–Trinajstić information content (AvgIpc) is 3.03. The molecule has 6 aliphatic rings. The second-order valence-corrected chi connectivity index (χ2v) is 12.2. The second kappa shape index (κ2) is 7.87. The summed E-state index contributed by atoms with van der Waals surface area (Å²) in [4.78, 5) is 15.2. The van der Waals surface area contributed by atoms with Gasteiger partial charge in [-0.2, -0.15) is 0 Å². The van der Waals surface area contributed by atoms with Crippen molar-refractivity contribution in [3.05, 3.63) is 33.8 Å². The maximum absolute atomic E-state index is 12.3. The van der Waals surface area contributed by atoms with Crippen molar-refractivity contribution in [1.82, 2.24) is 4.90 Å². The molecule has 4 bridgehead atoms. The highest BCUT2D eigenvalue weighted by atomic mass is 79.9. The number of benzene rings is 1. The van der Waals surface area contributed by atoms with Crippen LogP contribution in [0.3, 0.4) is 0 Å². The molecule has 1 unspecified atom stereocenters. The van der Waals surface area contributed by atoms with Gasteiger partial charge in [0.15, 0.2) is 0 Å². The Labute approximate surface area is 195 Å². The van der Waals surface area contributed by atoms with Gasteiger partial charge in [0, 0.05) is 10.5 Å². The number of carbonyl (C=O) groups is 1. The van der Waals surface area contributed by atoms with Crippen molar-refractivity contribution in [2.75, 3.05) is 19.7 Å². The number of ether oxygens (including phenoxy) is 1. The molecular weight excluding hydrogens is 450 g/mol. The van der Waals surface area contributed by atoms with E-state index < -0.39 is 0 Å². The van der Waals surface area contributed by atoms with Crippen molar-refractivity contribution in [2.24, 2.45) is 23.7 Å². The molecule has 7 rings (SSSR count). The highest BCUT2D eigenvalue weighted by Crippen LogP contribution is 2.58. The molecule has 1 aromatic rings. The summed E-state index contributed by atoms with van der Waals surface area (Å²) in [5, 5.41) is 0. The molecule has 1 aromatic carbocycles. The van der Waals surface area contributed by atoms with Gasteiger partial charge in [0.1, 0.15) is 0 Å². The average molecular weight is 486 g/mol. The van der Waals surface area contributed by atoms with Crippen LogP contribution in [0.1, 0.15) is 81.8 Å². The first-order chi connectivity index (χ1) is 15.1. The van der Waals surface area contributed by atoms with Crippen molar-refractivity contribution in [1.29, 1.82) is 0 Å². The van der Waals surface area contributed by atoms with Gasteiger partial charge < -0.3 is 4.74 Å². The molecule has 4 saturated carbocycles. The Hall–Kier alpha value is -0.870. The fraction of sp³-hybridized carbons (Fsp3) is 0.741. The Morgan fingerprint density at radius 1 is 1.10 bits per heavy atom. The smallest absolute Gasteiger partial charge is 0.306 e. The van der Waals surface area contributed by atoms with E-state index >= 15 is 0 Å². The molecule has 0 radical (unpaired) electrons. The number of likely N-dealkylation sites (tertiary alicyclic amines) is 1. The summed E-state index contributed by atoms with van der Waals surface area (Å²) in [5.41, 5.74) is 3.13. The maximum Gasteiger partial charge on any atom is 0.306 e. The van der Waals surface area contributed by atoms with E-state index in [4.69, 9.17) is 4.74 Å². The Kier molecular flexibility index (Phi) is 5.26. The minimum Gasteiger partial charge on any atom is -0.466 e. The minimum atomic E-state index is -0.0403. The lowest BCUT2D eigenvalue weighted by Crippen LogP contribution is -2.58. The largest absolute Gasteiger partial charge is 0.466 e. The second-order valence-electron chi connectivity index (χ2n) is 11.4. The van der Waals surface area contributed by atoms with Crippen molar-refractivity contribution >= 4 is 21.9 Å². The number of halogens is 1. The lowest BCUT2D eigenvalue weighted by atomic mass is 9.53. The molecule has 1 spiro atoms. The third-order valence-electron chi connectivity index (χ3n) is 9.73. The number of esters is 1. The van der Waals surface area contributed by atoms with E-state index in [1.807, 2.05) is 6.92 Å². The summed E-state index contributed by atoms with van der Waals surface area (Å²) < 4.78 is 6.57. The number of nitrogens with zero attached hydrogens (tertiary/aromatic N) is 1. The van der Waals surface area contributed by atoms with Crippen molar-refractivity contribution in [3.8, 4) is 0 Å². The molecule has 4 heteroatoms. The Balaban J connectivity index is 1.21. The van der Waals surface area contributed by atoms with Gasteiger partial charge in [-0.25, -0.2) is 0 Å². The fourth-order valence-electron chi connectivity index (χ4n) is 8.92. The van der Waals surface area contributed by atoms with E-state index in [0.29, 0.717) is 18.9 Å². The quantitative estimate of drug-likeness (QED) is 0.486. The lowest BCUT2D eigenvalue weighted by molar-refractivity contribution is -0.143. The van der Waals surface area contributed by atoms with Gasteiger partial charge in [0.25, 0.3) is 0 Å². The number of hydrogen-bond donors (Lipinski definition) is 0. The SMILES string of the molecule is CCOC(=O)CC1CC2(CCN(C3C4CC5CC(C4)CC3C5)CC2)c2c(Br)cccc21. The van der Waals surface area contributed by atoms with Crippen LogP contribution in [-0.2, 0) is 14.9 Å². The molecule has 1 aliphatic heterocycles. The molecule has 168 valence electrons. The van der Waals surface area contributed by atoms with Crippen molar-refractivity contribution in [2.45, 2.75) is 82.1 Å². The lowest BCUT2D eigenvalue weighted by Gasteiger charge is -2.58. The molecule has 5 aliphatic carbocycles. The fourth-order valence-corrected chi connectivity index (χ4v) is 9.73. The molecule has 1 heterocycles. The molecule has 1 saturated heterocycles. The van der Waals surface area contributed by atoms with Crippen molar-refractivity contribution < 1.29 is 9.53 Å². The van der Waals surface area contributed by atoms with Crippen LogP contribution in [0.4, 0.5) is 0 Å². The van der Waals surface area contributed by atoms with Crippen LogP contribution < -0.4 is 0 Å². The first kappa shape index (κ1) is 20.7. The number of rotatable bonds is 4. The predicted octanol–water partition coefficient (Wildman–Crippen LogP) is 6.05. The predicted molar refractivity (Wildman–Crippen MR) is 126 cm³/mol. The summed E-state index contributed by atoms with van der Waals surface area (Å²) >= 11 is 3.90. The first-order valence-corrected chi connectivity index (χ1v) is 13.5. The normalized spacial score (nSPS) is 37.9. The summed E-state index contributed by atoms with van der Waals surface area (Å²) in [6.07, 6.45) is 11.7. The van der Waals surface area contributed by atoms with Crippen LogP contribution >= 0.6 is 15.9 Å². The summed E-state index contributed by atoms with van der Waals surface area (Å²) in [7, 11) is 0. The number of fused-ring (bicyclic) bond motifs is 2. The van der Waals surface area contributed by atoms with Gasteiger partial charge >= 0.3 is 5.97 Å². The zero-order valence-electron chi connectivity index (χ0n) is 18.8. The van der Waals surface area contributed by atoms with Gasteiger partial charge in [-0.3, -0.25) is 9.69 Å². The van der Waals surface area contributed by atoms with Crippen LogP contribution in [0.2, 0.25) is 0 Å². The summed E-state index contributed by atoms with van der Waals surface area (Å²) in [5.74, 6) is 4.32. The Bertz CT molecular complexity index is 831. The first-order valence-electron chi connectivity index (χ1n) is 12.7. The van der Waals surface area contributed by atoms with E-state index in [-0.39, 0.29) is 11.4 Å². The van der Waals surface area contributed by atoms with E-state index in [1.54, 1.807) is 0 Å². The number of piperidine rings is 1. The maximum atomic E-state index is 12.3. The number of hydrogen-bond acceptors (Lipinski definition) is 3. The molecule has 0 amide bonds. The van der Waals surface area contributed by atoms with E-state index in [1.165, 1.54) is 73.6 Å². The van der Waals surface area contributed by atoms with E-state index in [2.05, 4.69) is 39.0 Å². The Morgan fingerprint density at radius 2 is 1.77 bits per heavy atom. The molecule has 1 atom stereocenters. The van der Waals surface area contributed by atoms with Crippen LogP contribution in [0.25, 0.3) is 0 Å². The number of carbonyl (C=O) groups excluding carboxylic acids is 1. The van der Waals surface area contributed by atoms with Gasteiger partial charge in [0.05, 0.1) is 13.0 Å². The summed E-state index contributed by atoms with van der Waals surface area (Å²) in [6.45, 7) is 4.85. The molecule has 5 fully saturated rings. The molecule has 3 nitrogen and oxygen atoms in total. The molecule has 0 N–H and O–H groups in total. The van der Waals surface area contributed by atoms with Gasteiger partial charge in [-0.1, -0.05) is 28.1 Å².